The molecule has 0 aliphatic carbocycles. The standard InChI is InChI=1S/C17H23N5O4S/c1-9(18)13(27)6-26-10-3-4-12(19)11(5-10)14(21-2)15(23)22-17(16(20)24)7-25-8-17/h3-5,27H,6-8,18-19H2,1-2H3,(H2,20,24)(H,22,23)/p+1/b13-9-,21-14?. The van der Waals surface area contributed by atoms with Crippen molar-refractivity contribution < 1.29 is 24.1 Å². The Morgan fingerprint density at radius 2 is 2.04 bits per heavy atom. The maximum absolute atomic E-state index is 12.7. The Morgan fingerprint density at radius 3 is 2.52 bits per heavy atom. The van der Waals surface area contributed by atoms with Gasteiger partial charge in [0.15, 0.2) is 5.54 Å². The third kappa shape index (κ3) is 4.52. The molecule has 8 N–H and O–H groups in total. The molecule has 1 saturated heterocycles. The van der Waals surface area contributed by atoms with E-state index in [2.05, 4.69) is 22.9 Å². The average Bonchev–Trinajstić information content (AvgIpc) is 2.58. The molecule has 0 radical (unpaired) electrons. The summed E-state index contributed by atoms with van der Waals surface area (Å²) >= 11 is 4.24. The summed E-state index contributed by atoms with van der Waals surface area (Å²) < 4.78 is 10.7. The third-order valence-electron chi connectivity index (χ3n) is 4.12. The molecule has 1 fully saturated rings. The molecule has 0 saturated carbocycles. The monoisotopic (exact) mass is 394 g/mol. The van der Waals surface area contributed by atoms with Crippen molar-refractivity contribution in [3.63, 3.8) is 0 Å². The molecule has 0 bridgehead atoms. The van der Waals surface area contributed by atoms with Crippen LogP contribution >= 0.6 is 12.6 Å². The lowest BCUT2D eigenvalue weighted by molar-refractivity contribution is -0.418. The minimum atomic E-state index is -1.22. The van der Waals surface area contributed by atoms with Gasteiger partial charge in [0.25, 0.3) is 5.71 Å². The van der Waals surface area contributed by atoms with Crippen LogP contribution < -0.4 is 32.2 Å². The summed E-state index contributed by atoms with van der Waals surface area (Å²) in [5.41, 5.74) is 17.3. The number of ether oxygens (including phenoxy) is 2. The first-order valence-electron chi connectivity index (χ1n) is 8.12. The average molecular weight is 394 g/mol. The van der Waals surface area contributed by atoms with Crippen molar-refractivity contribution in [2.75, 3.05) is 32.6 Å². The zero-order valence-corrected chi connectivity index (χ0v) is 16.1. The summed E-state index contributed by atoms with van der Waals surface area (Å²) in [6.45, 7) is 1.95. The van der Waals surface area contributed by atoms with E-state index in [1.807, 2.05) is 0 Å². The topological polar surface area (TPSA) is 157 Å². The Hall–Kier alpha value is -2.72. The summed E-state index contributed by atoms with van der Waals surface area (Å²) in [5, 5.41) is 2.62. The van der Waals surface area contributed by atoms with Crippen molar-refractivity contribution in [1.82, 2.24) is 5.32 Å². The molecule has 9 nitrogen and oxygen atoms in total. The minimum Gasteiger partial charge on any atom is -0.488 e. The quantitative estimate of drug-likeness (QED) is 0.173. The Kier molecular flexibility index (Phi) is 6.34. The number of anilines is 1. The van der Waals surface area contributed by atoms with E-state index in [1.165, 1.54) is 0 Å². The summed E-state index contributed by atoms with van der Waals surface area (Å²) in [5.74, 6) is -0.715. The van der Waals surface area contributed by atoms with Crippen LogP contribution in [0.1, 0.15) is 12.5 Å². The molecule has 1 heterocycles. The largest absolute Gasteiger partial charge is 0.488 e. The van der Waals surface area contributed by atoms with Crippen LogP contribution in [0.4, 0.5) is 5.69 Å². The number of nitrogens with one attached hydrogen (secondary N) is 2. The van der Waals surface area contributed by atoms with Crippen LogP contribution in [-0.2, 0) is 14.3 Å². The van der Waals surface area contributed by atoms with E-state index in [-0.39, 0.29) is 25.5 Å². The van der Waals surface area contributed by atoms with Gasteiger partial charge in [0, 0.05) is 16.3 Å². The lowest BCUT2D eigenvalue weighted by atomic mass is 9.95. The number of benzene rings is 1. The highest BCUT2D eigenvalue weighted by Crippen LogP contribution is 2.22. The molecule has 1 aromatic rings. The second-order valence-electron chi connectivity index (χ2n) is 6.19. The number of hydrogen-bond donors (Lipinski definition) is 6. The van der Waals surface area contributed by atoms with Gasteiger partial charge in [-0.05, 0) is 25.1 Å². The Bertz CT molecular complexity index is 814. The van der Waals surface area contributed by atoms with Crippen LogP contribution in [0.25, 0.3) is 0 Å². The van der Waals surface area contributed by atoms with Gasteiger partial charge in [-0.3, -0.25) is 9.59 Å². The van der Waals surface area contributed by atoms with Gasteiger partial charge in [-0.25, -0.2) is 4.99 Å². The van der Waals surface area contributed by atoms with Crippen LogP contribution in [0.3, 0.4) is 0 Å². The summed E-state index contributed by atoms with van der Waals surface area (Å²) in [7, 11) is 1.57. The molecule has 2 amide bonds. The van der Waals surface area contributed by atoms with Crippen LogP contribution in [0.5, 0.6) is 5.75 Å². The number of thiol groups is 1. The number of carbonyl (C=O) groups excluding carboxylic acids is 2. The van der Waals surface area contributed by atoms with Gasteiger partial charge in [0.2, 0.25) is 5.91 Å². The van der Waals surface area contributed by atoms with E-state index in [0.29, 0.717) is 27.6 Å². The van der Waals surface area contributed by atoms with Crippen LogP contribution in [-0.4, -0.2) is 49.9 Å². The summed E-state index contributed by atoms with van der Waals surface area (Å²) in [6.07, 6.45) is 0. The van der Waals surface area contributed by atoms with Gasteiger partial charge in [-0.2, -0.15) is 0 Å². The van der Waals surface area contributed by atoms with Gasteiger partial charge in [0.05, 0.1) is 18.8 Å². The van der Waals surface area contributed by atoms with Gasteiger partial charge < -0.3 is 32.0 Å². The van der Waals surface area contributed by atoms with Gasteiger partial charge in [-0.1, -0.05) is 0 Å². The molecule has 1 aliphatic rings. The maximum atomic E-state index is 12.7. The first-order chi connectivity index (χ1) is 12.7. The van der Waals surface area contributed by atoms with E-state index >= 15 is 0 Å². The number of nitrogens with two attached hydrogens (primary N) is 3. The molecule has 1 aromatic carbocycles. The van der Waals surface area contributed by atoms with Crippen molar-refractivity contribution in [1.29, 1.82) is 0 Å². The normalized spacial score (nSPS) is 16.8. The lowest BCUT2D eigenvalue weighted by Crippen LogP contribution is -2.76. The molecule has 10 heteroatoms. The molecule has 146 valence electrons. The fourth-order valence-electron chi connectivity index (χ4n) is 2.34. The Balaban J connectivity index is 2.23. The second kappa shape index (κ2) is 8.31. The second-order valence-corrected chi connectivity index (χ2v) is 6.73. The smallest absolute Gasteiger partial charge is 0.317 e. The fraction of sp³-hybridized carbons (Fsp3) is 0.353. The highest BCUT2D eigenvalue weighted by atomic mass is 32.1. The molecule has 27 heavy (non-hydrogen) atoms. The minimum absolute atomic E-state index is 0.0270. The molecule has 0 aromatic heterocycles. The van der Waals surface area contributed by atoms with E-state index in [4.69, 9.17) is 26.7 Å². The lowest BCUT2D eigenvalue weighted by Gasteiger charge is -2.38. The first kappa shape index (κ1) is 20.6. The van der Waals surface area contributed by atoms with Crippen LogP contribution in [0.15, 0.2) is 28.8 Å². The van der Waals surface area contributed by atoms with Gasteiger partial charge in [-0.15, -0.1) is 12.6 Å². The fourth-order valence-corrected chi connectivity index (χ4v) is 2.40. The highest BCUT2D eigenvalue weighted by molar-refractivity contribution is 7.84. The zero-order chi connectivity index (χ0) is 20.2. The van der Waals surface area contributed by atoms with E-state index in [1.54, 1.807) is 32.2 Å². The van der Waals surface area contributed by atoms with E-state index in [9.17, 15) is 9.59 Å². The third-order valence-corrected chi connectivity index (χ3v) is 4.61. The van der Waals surface area contributed by atoms with Crippen LogP contribution in [0.2, 0.25) is 0 Å². The van der Waals surface area contributed by atoms with Crippen molar-refractivity contribution in [2.45, 2.75) is 12.5 Å². The van der Waals surface area contributed by atoms with Gasteiger partial charge >= 0.3 is 5.91 Å². The molecular weight excluding hydrogens is 370 g/mol. The Morgan fingerprint density at radius 1 is 1.37 bits per heavy atom. The Labute approximate surface area is 162 Å². The molecular formula is C17H24N5O4S+. The number of nitrogen functional groups attached to an aromatic ring is 1. The molecule has 1 aliphatic heterocycles. The number of allylic oxidation sites excluding steroid dienone is 1. The summed E-state index contributed by atoms with van der Waals surface area (Å²) in [6, 6.07) is 4.90. The molecule has 0 spiro atoms. The first-order valence-corrected chi connectivity index (χ1v) is 8.56. The van der Waals surface area contributed by atoms with Crippen molar-refractivity contribution >= 4 is 35.8 Å². The van der Waals surface area contributed by atoms with Gasteiger partial charge in [0.1, 0.15) is 19.4 Å². The zero-order valence-electron chi connectivity index (χ0n) is 15.2. The number of hydrogen-bond acceptors (Lipinski definition) is 7. The maximum Gasteiger partial charge on any atom is 0.317 e. The molecule has 0 unspecified atom stereocenters. The predicted octanol–water partition coefficient (Wildman–Crippen LogP) is -2.36. The number of carbonyl (C=O) groups is 2. The number of primary amides is 1. The highest BCUT2D eigenvalue weighted by Gasteiger charge is 2.47. The number of rotatable bonds is 7. The van der Waals surface area contributed by atoms with Crippen molar-refractivity contribution in [3.05, 3.63) is 34.4 Å². The van der Waals surface area contributed by atoms with Crippen LogP contribution in [0, 0.1) is 0 Å². The summed E-state index contributed by atoms with van der Waals surface area (Å²) in [4.78, 5) is 27.7. The van der Waals surface area contributed by atoms with E-state index in [0.717, 1.165) is 0 Å². The van der Waals surface area contributed by atoms with Crippen molar-refractivity contribution in [2.24, 2.45) is 11.5 Å². The molecule has 2 rings (SSSR count). The van der Waals surface area contributed by atoms with Crippen molar-refractivity contribution in [3.8, 4) is 5.75 Å². The molecule has 0 atom stereocenters. The van der Waals surface area contributed by atoms with E-state index < -0.39 is 17.4 Å². The predicted molar refractivity (Wildman–Crippen MR) is 104 cm³/mol. The number of amides is 2. The SMILES string of the molecule is C[NH+]=C(C(=O)NC1(C(N)=O)COC1)c1cc(OC/C(S)=C(\C)N)ccc1N.